The summed E-state index contributed by atoms with van der Waals surface area (Å²) < 4.78 is 13.3. The van der Waals surface area contributed by atoms with E-state index in [-0.39, 0.29) is 25.0 Å². The number of nitrogens with zero attached hydrogens (tertiary/aromatic N) is 2. The van der Waals surface area contributed by atoms with Crippen LogP contribution in [0.15, 0.2) is 79.0 Å². The van der Waals surface area contributed by atoms with Gasteiger partial charge in [-0.15, -0.1) is 5.10 Å². The number of nitrogens with one attached hydrogen (secondary N) is 3. The number of amides is 2. The second-order valence-electron chi connectivity index (χ2n) is 8.60. The molecule has 0 bridgehead atoms. The lowest BCUT2D eigenvalue weighted by Gasteiger charge is -2.22. The van der Waals surface area contributed by atoms with Crippen molar-refractivity contribution in [3.8, 4) is 11.1 Å². The van der Waals surface area contributed by atoms with E-state index in [4.69, 9.17) is 0 Å². The van der Waals surface area contributed by atoms with E-state index in [0.717, 1.165) is 22.3 Å². The molecule has 1 heterocycles. The molecule has 0 radical (unpaired) electrons. The van der Waals surface area contributed by atoms with Gasteiger partial charge in [0.05, 0.1) is 12.6 Å². The molecule has 0 aliphatic carbocycles. The molecule has 1 aromatic heterocycles. The maximum atomic E-state index is 13.3. The van der Waals surface area contributed by atoms with Gasteiger partial charge >= 0.3 is 0 Å². The fourth-order valence-electron chi connectivity index (χ4n) is 4.10. The van der Waals surface area contributed by atoms with E-state index < -0.39 is 29.6 Å². The molecule has 5 N–H and O–H groups in total. The van der Waals surface area contributed by atoms with E-state index in [0.29, 0.717) is 5.69 Å². The number of aromatic nitrogens is 3. The minimum absolute atomic E-state index is 0.0390. The Kier molecular flexibility index (Phi) is 8.34. The first-order valence-electron chi connectivity index (χ1n) is 11.6. The van der Waals surface area contributed by atoms with Crippen LogP contribution in [-0.4, -0.2) is 37.5 Å². The number of hydrogen-bond acceptors (Lipinski definition) is 6. The second kappa shape index (κ2) is 12.0. The van der Waals surface area contributed by atoms with Gasteiger partial charge in [-0.1, -0.05) is 53.7 Å². The Balaban J connectivity index is 1.55. The molecule has 3 aromatic carbocycles. The van der Waals surface area contributed by atoms with Gasteiger partial charge in [0.2, 0.25) is 5.91 Å². The molecule has 0 fully saturated rings. The highest BCUT2D eigenvalue weighted by Crippen LogP contribution is 2.26. The van der Waals surface area contributed by atoms with Gasteiger partial charge in [0, 0.05) is 17.7 Å². The zero-order valence-electron chi connectivity index (χ0n) is 19.8. The van der Waals surface area contributed by atoms with Gasteiger partial charge in [0.15, 0.2) is 0 Å². The van der Waals surface area contributed by atoms with Crippen molar-refractivity contribution < 1.29 is 24.3 Å². The van der Waals surface area contributed by atoms with Crippen molar-refractivity contribution in [2.24, 2.45) is 5.92 Å². The Morgan fingerprint density at radius 2 is 1.73 bits per heavy atom. The molecule has 2 amide bonds. The molecule has 2 atom stereocenters. The summed E-state index contributed by atoms with van der Waals surface area (Å²) in [5, 5.41) is 31.8. The van der Waals surface area contributed by atoms with Crippen LogP contribution in [-0.2, 0) is 17.8 Å². The maximum Gasteiger partial charge on any atom is 0.251 e. The van der Waals surface area contributed by atoms with Gasteiger partial charge in [0.1, 0.15) is 11.5 Å². The standard InChI is InChI=1S/C27H26FN5O4/c28-23-10-8-20(9-11-23)26(35)30-24(25-15-29-33-31-25)14-22(27(36)32-37)13-18-2-1-3-21(12-18)19-6-4-17(16-34)5-7-19/h1-12,15,22,24,34,37H,13-14,16H2,(H,30,35)(H,32,36)(H,29,31,33)/t22-,24+/m0/s1. The van der Waals surface area contributed by atoms with Crippen LogP contribution < -0.4 is 10.8 Å². The summed E-state index contributed by atoms with van der Waals surface area (Å²) >= 11 is 0. The highest BCUT2D eigenvalue weighted by Gasteiger charge is 2.27. The van der Waals surface area contributed by atoms with Crippen molar-refractivity contribution in [2.75, 3.05) is 0 Å². The Hall–Kier alpha value is -4.41. The maximum absolute atomic E-state index is 13.3. The molecule has 10 heteroatoms. The third-order valence-electron chi connectivity index (χ3n) is 6.08. The first kappa shape index (κ1) is 25.7. The Bertz CT molecular complexity index is 1330. The Morgan fingerprint density at radius 1 is 0.973 bits per heavy atom. The van der Waals surface area contributed by atoms with Crippen molar-refractivity contribution in [2.45, 2.75) is 25.5 Å². The number of hydrogen-bond donors (Lipinski definition) is 5. The van der Waals surface area contributed by atoms with Crippen LogP contribution in [0.2, 0.25) is 0 Å². The van der Waals surface area contributed by atoms with E-state index >= 15 is 0 Å². The minimum atomic E-state index is -0.729. The molecule has 0 aliphatic rings. The van der Waals surface area contributed by atoms with E-state index in [1.54, 1.807) is 5.48 Å². The van der Waals surface area contributed by atoms with Crippen molar-refractivity contribution >= 4 is 11.8 Å². The van der Waals surface area contributed by atoms with Crippen LogP contribution in [0.25, 0.3) is 11.1 Å². The number of hydroxylamine groups is 1. The largest absolute Gasteiger partial charge is 0.392 e. The Labute approximate surface area is 212 Å². The smallest absolute Gasteiger partial charge is 0.251 e. The van der Waals surface area contributed by atoms with E-state index in [2.05, 4.69) is 20.7 Å². The zero-order chi connectivity index (χ0) is 26.2. The molecule has 0 unspecified atom stereocenters. The summed E-state index contributed by atoms with van der Waals surface area (Å²) in [6.45, 7) is -0.0390. The fraction of sp³-hybridized carbons (Fsp3) is 0.185. The zero-order valence-corrected chi connectivity index (χ0v) is 19.8. The quantitative estimate of drug-likeness (QED) is 0.166. The number of aliphatic hydroxyl groups excluding tert-OH is 1. The molecule has 0 saturated carbocycles. The molecule has 0 spiro atoms. The number of aliphatic hydroxyl groups is 1. The topological polar surface area (TPSA) is 140 Å². The highest BCUT2D eigenvalue weighted by atomic mass is 19.1. The predicted octanol–water partition coefficient (Wildman–Crippen LogP) is 3.33. The molecular formula is C27H26FN5O4. The summed E-state index contributed by atoms with van der Waals surface area (Å²) in [5.74, 6) is -2.27. The average molecular weight is 504 g/mol. The van der Waals surface area contributed by atoms with Crippen molar-refractivity contribution in [3.63, 3.8) is 0 Å². The highest BCUT2D eigenvalue weighted by molar-refractivity contribution is 5.94. The molecule has 190 valence electrons. The van der Waals surface area contributed by atoms with Crippen molar-refractivity contribution in [1.82, 2.24) is 26.2 Å². The number of rotatable bonds is 10. The minimum Gasteiger partial charge on any atom is -0.392 e. The monoisotopic (exact) mass is 503 g/mol. The predicted molar refractivity (Wildman–Crippen MR) is 133 cm³/mol. The van der Waals surface area contributed by atoms with Crippen LogP contribution in [0.4, 0.5) is 4.39 Å². The lowest BCUT2D eigenvalue weighted by atomic mass is 9.89. The normalized spacial score (nSPS) is 12.5. The van der Waals surface area contributed by atoms with Crippen LogP contribution >= 0.6 is 0 Å². The van der Waals surface area contributed by atoms with Gasteiger partial charge in [-0.2, -0.15) is 0 Å². The SMILES string of the molecule is O=C(N[C@H](C[C@H](Cc1cccc(-c2ccc(CO)cc2)c1)C(=O)NO)c1c[nH]nn1)c1ccc(F)cc1. The molecule has 37 heavy (non-hydrogen) atoms. The van der Waals surface area contributed by atoms with Gasteiger partial charge in [-0.05, 0) is 59.4 Å². The number of H-pyrrole nitrogens is 1. The number of benzene rings is 3. The van der Waals surface area contributed by atoms with Gasteiger partial charge in [0.25, 0.3) is 5.91 Å². The average Bonchev–Trinajstić information content (AvgIpc) is 3.47. The Morgan fingerprint density at radius 3 is 2.38 bits per heavy atom. The van der Waals surface area contributed by atoms with E-state index in [1.165, 1.54) is 30.5 Å². The molecular weight excluding hydrogens is 477 g/mol. The number of aromatic amines is 1. The van der Waals surface area contributed by atoms with Gasteiger partial charge in [-0.3, -0.25) is 19.9 Å². The first-order valence-corrected chi connectivity index (χ1v) is 11.6. The number of carbonyl (C=O) groups is 2. The number of carbonyl (C=O) groups excluding carboxylic acids is 2. The third-order valence-corrected chi connectivity index (χ3v) is 6.08. The first-order chi connectivity index (χ1) is 18.0. The fourth-order valence-corrected chi connectivity index (χ4v) is 4.10. The molecule has 4 aromatic rings. The van der Waals surface area contributed by atoms with Crippen LogP contribution in [0, 0.1) is 11.7 Å². The van der Waals surface area contributed by atoms with Crippen molar-refractivity contribution in [3.05, 3.63) is 107 Å². The molecule has 0 aliphatic heterocycles. The van der Waals surface area contributed by atoms with Gasteiger partial charge in [-0.25, -0.2) is 9.87 Å². The van der Waals surface area contributed by atoms with Crippen molar-refractivity contribution in [1.29, 1.82) is 0 Å². The van der Waals surface area contributed by atoms with E-state index in [1.807, 2.05) is 48.5 Å². The summed E-state index contributed by atoms with van der Waals surface area (Å²) in [5.41, 5.74) is 5.92. The van der Waals surface area contributed by atoms with Crippen LogP contribution in [0.5, 0.6) is 0 Å². The van der Waals surface area contributed by atoms with Crippen LogP contribution in [0.1, 0.15) is 39.6 Å². The number of halogens is 1. The third kappa shape index (κ3) is 6.63. The van der Waals surface area contributed by atoms with Gasteiger partial charge < -0.3 is 10.4 Å². The molecule has 0 saturated heterocycles. The summed E-state index contributed by atoms with van der Waals surface area (Å²) in [6.07, 6.45) is 1.90. The molecule has 9 nitrogen and oxygen atoms in total. The second-order valence-corrected chi connectivity index (χ2v) is 8.60. The van der Waals surface area contributed by atoms with E-state index in [9.17, 15) is 24.3 Å². The molecule has 4 rings (SSSR count). The lowest BCUT2D eigenvalue weighted by molar-refractivity contribution is -0.133. The van der Waals surface area contributed by atoms with Crippen LogP contribution in [0.3, 0.4) is 0 Å². The lowest BCUT2D eigenvalue weighted by Crippen LogP contribution is -2.35. The summed E-state index contributed by atoms with van der Waals surface area (Å²) in [6, 6.07) is 19.5. The summed E-state index contributed by atoms with van der Waals surface area (Å²) in [7, 11) is 0. The summed E-state index contributed by atoms with van der Waals surface area (Å²) in [4.78, 5) is 25.5.